The normalized spacial score (nSPS) is 23.9. The van der Waals surface area contributed by atoms with E-state index in [0.717, 1.165) is 37.7 Å². The minimum Gasteiger partial charge on any atom is -0.328 e. The van der Waals surface area contributed by atoms with Gasteiger partial charge < -0.3 is 5.73 Å². The first-order chi connectivity index (χ1) is 9.98. The highest BCUT2D eigenvalue weighted by Crippen LogP contribution is 2.35. The predicted octanol–water partition coefficient (Wildman–Crippen LogP) is 0.824. The Morgan fingerprint density at radius 3 is 2.52 bits per heavy atom. The van der Waals surface area contributed by atoms with E-state index in [2.05, 4.69) is 5.10 Å². The first-order valence-corrected chi connectivity index (χ1v) is 9.19. The van der Waals surface area contributed by atoms with Crippen molar-refractivity contribution in [1.29, 1.82) is 0 Å². The molecule has 1 aromatic heterocycles. The van der Waals surface area contributed by atoms with Crippen LogP contribution in [0.3, 0.4) is 0 Å². The fourth-order valence-electron chi connectivity index (χ4n) is 3.40. The van der Waals surface area contributed by atoms with Crippen molar-refractivity contribution in [3.8, 4) is 0 Å². The Morgan fingerprint density at radius 1 is 1.33 bits per heavy atom. The molecule has 0 amide bonds. The molecule has 0 bridgehead atoms. The van der Waals surface area contributed by atoms with Crippen LogP contribution in [-0.4, -0.2) is 47.4 Å². The molecule has 1 saturated carbocycles. The minimum atomic E-state index is -3.17. The molecular formula is C14H24N4O2S. The Labute approximate surface area is 126 Å². The van der Waals surface area contributed by atoms with Crippen molar-refractivity contribution in [3.05, 3.63) is 18.0 Å². The zero-order valence-electron chi connectivity index (χ0n) is 12.5. The van der Waals surface area contributed by atoms with Gasteiger partial charge in [0, 0.05) is 25.8 Å². The van der Waals surface area contributed by atoms with Crippen LogP contribution in [0.25, 0.3) is 0 Å². The summed E-state index contributed by atoms with van der Waals surface area (Å²) < 4.78 is 28.8. The number of hydrogen-bond donors (Lipinski definition) is 1. The average Bonchev–Trinajstić information content (AvgIpc) is 2.86. The summed E-state index contributed by atoms with van der Waals surface area (Å²) in [7, 11) is -3.17. The predicted molar refractivity (Wildman–Crippen MR) is 81.4 cm³/mol. The maximum Gasteiger partial charge on any atom is 0.217 e. The number of aryl methyl sites for hydroxylation is 1. The van der Waals surface area contributed by atoms with E-state index in [1.54, 1.807) is 10.5 Å². The second-order valence-electron chi connectivity index (χ2n) is 6.46. The molecule has 2 aliphatic rings. The van der Waals surface area contributed by atoms with E-state index < -0.39 is 10.0 Å². The first kappa shape index (κ1) is 15.0. The van der Waals surface area contributed by atoms with Crippen molar-refractivity contribution in [2.45, 2.75) is 49.8 Å². The Bertz CT molecular complexity index is 598. The first-order valence-electron chi connectivity index (χ1n) is 7.69. The van der Waals surface area contributed by atoms with E-state index in [9.17, 15) is 8.42 Å². The number of aromatic nitrogens is 2. The van der Waals surface area contributed by atoms with Crippen LogP contribution in [0.5, 0.6) is 0 Å². The summed E-state index contributed by atoms with van der Waals surface area (Å²) in [4.78, 5) is 0. The van der Waals surface area contributed by atoms with Gasteiger partial charge in [-0.1, -0.05) is 19.3 Å². The molecule has 2 fully saturated rings. The molecule has 2 heterocycles. The number of nitrogens with zero attached hydrogens (tertiary/aromatic N) is 3. The third-order valence-corrected chi connectivity index (χ3v) is 7.14. The summed E-state index contributed by atoms with van der Waals surface area (Å²) in [5, 5.41) is 4.13. The molecule has 0 radical (unpaired) electrons. The smallest absolute Gasteiger partial charge is 0.217 e. The molecule has 1 saturated heterocycles. The van der Waals surface area contributed by atoms with Crippen LogP contribution in [0.1, 0.15) is 37.7 Å². The average molecular weight is 312 g/mol. The maximum absolute atomic E-state index is 12.7. The Balaban J connectivity index is 1.73. The van der Waals surface area contributed by atoms with Crippen LogP contribution in [0.4, 0.5) is 0 Å². The highest BCUT2D eigenvalue weighted by molar-refractivity contribution is 7.89. The molecule has 3 rings (SSSR count). The lowest BCUT2D eigenvalue weighted by atomic mass is 9.93. The van der Waals surface area contributed by atoms with Crippen LogP contribution < -0.4 is 5.73 Å². The molecule has 0 spiro atoms. The second kappa shape index (κ2) is 5.37. The van der Waals surface area contributed by atoms with E-state index in [-0.39, 0.29) is 10.8 Å². The van der Waals surface area contributed by atoms with Gasteiger partial charge >= 0.3 is 0 Å². The van der Waals surface area contributed by atoms with Crippen LogP contribution in [0.15, 0.2) is 12.4 Å². The lowest BCUT2D eigenvalue weighted by molar-refractivity contribution is 0.0742. The van der Waals surface area contributed by atoms with Gasteiger partial charge in [-0.2, -0.15) is 9.40 Å². The van der Waals surface area contributed by atoms with Gasteiger partial charge in [0.25, 0.3) is 0 Å². The second-order valence-corrected chi connectivity index (χ2v) is 8.68. The van der Waals surface area contributed by atoms with Crippen molar-refractivity contribution in [1.82, 2.24) is 14.1 Å². The van der Waals surface area contributed by atoms with Crippen LogP contribution in [0.2, 0.25) is 0 Å². The standard InChI is InChI=1S/C14H24N4O2S/c1-12-7-16-18(8-12)14(9-15)10-17(11-14)21(19,20)13-5-3-2-4-6-13/h7-8,13H,2-6,9-11,15H2,1H3. The molecule has 21 heavy (non-hydrogen) atoms. The van der Waals surface area contributed by atoms with Gasteiger partial charge in [0.15, 0.2) is 0 Å². The lowest BCUT2D eigenvalue weighted by Crippen LogP contribution is -2.68. The monoisotopic (exact) mass is 312 g/mol. The zero-order valence-corrected chi connectivity index (χ0v) is 13.3. The third kappa shape index (κ3) is 2.51. The number of rotatable bonds is 4. The van der Waals surface area contributed by atoms with Crippen molar-refractivity contribution >= 4 is 10.0 Å². The quantitative estimate of drug-likeness (QED) is 0.892. The fourth-order valence-corrected chi connectivity index (χ4v) is 5.59. The van der Waals surface area contributed by atoms with Gasteiger partial charge in [-0.15, -0.1) is 0 Å². The number of nitrogens with two attached hydrogens (primary N) is 1. The molecule has 6 nitrogen and oxygen atoms in total. The van der Waals surface area contributed by atoms with Crippen molar-refractivity contribution in [2.75, 3.05) is 19.6 Å². The maximum atomic E-state index is 12.7. The van der Waals surface area contributed by atoms with E-state index >= 15 is 0 Å². The summed E-state index contributed by atoms with van der Waals surface area (Å²) >= 11 is 0. The Hall–Kier alpha value is -0.920. The molecule has 1 aliphatic carbocycles. The third-order valence-electron chi connectivity index (χ3n) is 4.85. The van der Waals surface area contributed by atoms with Gasteiger partial charge in [-0.3, -0.25) is 4.68 Å². The summed E-state index contributed by atoms with van der Waals surface area (Å²) in [6.07, 6.45) is 8.54. The van der Waals surface area contributed by atoms with E-state index in [0.29, 0.717) is 19.6 Å². The van der Waals surface area contributed by atoms with Gasteiger partial charge in [-0.25, -0.2) is 8.42 Å². The molecule has 1 aliphatic heterocycles. The molecule has 0 aromatic carbocycles. The zero-order chi connectivity index (χ0) is 15.1. The lowest BCUT2D eigenvalue weighted by Gasteiger charge is -2.49. The van der Waals surface area contributed by atoms with Gasteiger partial charge in [0.1, 0.15) is 5.54 Å². The summed E-state index contributed by atoms with van der Waals surface area (Å²) in [5.74, 6) is 0. The largest absolute Gasteiger partial charge is 0.328 e. The van der Waals surface area contributed by atoms with Crippen molar-refractivity contribution in [2.24, 2.45) is 5.73 Å². The number of hydrogen-bond acceptors (Lipinski definition) is 4. The summed E-state index contributed by atoms with van der Waals surface area (Å²) in [6, 6.07) is 0. The molecule has 1 aromatic rings. The molecule has 0 unspecified atom stereocenters. The fraction of sp³-hybridized carbons (Fsp3) is 0.786. The minimum absolute atomic E-state index is 0.193. The topological polar surface area (TPSA) is 81.2 Å². The molecular weight excluding hydrogens is 288 g/mol. The summed E-state index contributed by atoms with van der Waals surface area (Å²) in [6.45, 7) is 3.28. The highest BCUT2D eigenvalue weighted by Gasteiger charge is 2.51. The van der Waals surface area contributed by atoms with E-state index in [1.165, 1.54) is 0 Å². The Morgan fingerprint density at radius 2 is 2.00 bits per heavy atom. The van der Waals surface area contributed by atoms with Gasteiger partial charge in [0.2, 0.25) is 10.0 Å². The number of sulfonamides is 1. The highest BCUT2D eigenvalue weighted by atomic mass is 32.2. The van der Waals surface area contributed by atoms with Crippen LogP contribution in [0, 0.1) is 6.92 Å². The van der Waals surface area contributed by atoms with Crippen molar-refractivity contribution in [3.63, 3.8) is 0 Å². The molecule has 0 atom stereocenters. The van der Waals surface area contributed by atoms with Gasteiger partial charge in [-0.05, 0) is 25.3 Å². The molecule has 2 N–H and O–H groups in total. The van der Waals surface area contributed by atoms with Crippen LogP contribution in [-0.2, 0) is 15.6 Å². The van der Waals surface area contributed by atoms with E-state index in [4.69, 9.17) is 5.73 Å². The summed E-state index contributed by atoms with van der Waals surface area (Å²) in [5.41, 5.74) is 6.61. The molecule has 118 valence electrons. The Kier molecular flexibility index (Phi) is 3.83. The van der Waals surface area contributed by atoms with Crippen molar-refractivity contribution < 1.29 is 8.42 Å². The van der Waals surface area contributed by atoms with E-state index in [1.807, 2.05) is 17.8 Å². The van der Waals surface area contributed by atoms with Gasteiger partial charge in [0.05, 0.1) is 11.4 Å². The SMILES string of the molecule is Cc1cnn(C2(CN)CN(S(=O)(=O)C3CCCCC3)C2)c1. The van der Waals surface area contributed by atoms with Crippen LogP contribution >= 0.6 is 0 Å². The molecule has 7 heteroatoms.